The summed E-state index contributed by atoms with van der Waals surface area (Å²) in [5, 5.41) is 13.5. The Kier molecular flexibility index (Phi) is 7.44. The molecule has 40 heavy (non-hydrogen) atoms. The number of pyridine rings is 1. The number of amides is 1. The van der Waals surface area contributed by atoms with Crippen LogP contribution in [0.4, 0.5) is 13.2 Å². The average molecular weight is 601 g/mol. The topological polar surface area (TPSA) is 105 Å². The Morgan fingerprint density at radius 3 is 2.15 bits per heavy atom. The first kappa shape index (κ1) is 28.9. The fourth-order valence-electron chi connectivity index (χ4n) is 6.55. The predicted molar refractivity (Wildman–Crippen MR) is 139 cm³/mol. The monoisotopic (exact) mass is 600 g/mol. The molecular weight excluding hydrogens is 572 g/mol. The van der Waals surface area contributed by atoms with Gasteiger partial charge < -0.3 is 10.0 Å². The Balaban J connectivity index is 1.49. The Labute approximate surface area is 238 Å². The zero-order chi connectivity index (χ0) is 29.0. The van der Waals surface area contributed by atoms with Crippen LogP contribution >= 0.6 is 23.2 Å². The number of carboxylic acids is 1. The summed E-state index contributed by atoms with van der Waals surface area (Å²) < 4.78 is 44.4. The van der Waals surface area contributed by atoms with E-state index in [4.69, 9.17) is 23.2 Å². The summed E-state index contributed by atoms with van der Waals surface area (Å²) in [6.45, 7) is 1.09. The highest BCUT2D eigenvalue weighted by Crippen LogP contribution is 2.58. The molecule has 0 aliphatic heterocycles. The molecule has 3 saturated carbocycles. The van der Waals surface area contributed by atoms with Gasteiger partial charge in [0.1, 0.15) is 0 Å². The van der Waals surface area contributed by atoms with E-state index in [9.17, 15) is 32.7 Å². The number of Topliss-reactive ketones (excluding diaryl/α,β-unsaturated/α-hetero) is 1. The van der Waals surface area contributed by atoms with E-state index in [-0.39, 0.29) is 46.7 Å². The number of carbonyl (C=O) groups excluding carboxylic acids is 2. The summed E-state index contributed by atoms with van der Waals surface area (Å²) >= 11 is 12.3. The van der Waals surface area contributed by atoms with Crippen LogP contribution in [0.5, 0.6) is 0 Å². The molecule has 2 heterocycles. The molecule has 3 aliphatic rings. The first-order valence-electron chi connectivity index (χ1n) is 13.3. The first-order chi connectivity index (χ1) is 18.8. The van der Waals surface area contributed by atoms with Gasteiger partial charge in [0.2, 0.25) is 0 Å². The smallest absolute Gasteiger partial charge is 0.433 e. The maximum Gasteiger partial charge on any atom is 0.433 e. The molecule has 5 rings (SSSR count). The zero-order valence-corrected chi connectivity index (χ0v) is 23.3. The molecule has 0 saturated heterocycles. The number of hydrogen-bond donors (Lipinski definition) is 1. The minimum atomic E-state index is -4.91. The van der Waals surface area contributed by atoms with Crippen LogP contribution in [0.25, 0.3) is 0 Å². The maximum absolute atomic E-state index is 14.5. The number of alkyl halides is 3. The van der Waals surface area contributed by atoms with Crippen LogP contribution in [-0.4, -0.2) is 55.0 Å². The van der Waals surface area contributed by atoms with Gasteiger partial charge >= 0.3 is 12.1 Å². The van der Waals surface area contributed by atoms with Crippen molar-refractivity contribution >= 4 is 40.9 Å². The van der Waals surface area contributed by atoms with E-state index in [1.54, 1.807) is 6.92 Å². The maximum atomic E-state index is 14.5. The van der Waals surface area contributed by atoms with Crippen LogP contribution in [0.1, 0.15) is 97.2 Å². The lowest BCUT2D eigenvalue weighted by molar-refractivity contribution is -0.152. The van der Waals surface area contributed by atoms with Crippen molar-refractivity contribution in [3.63, 3.8) is 0 Å². The number of halogens is 5. The third-order valence-electron chi connectivity index (χ3n) is 9.27. The molecule has 0 aromatic carbocycles. The van der Waals surface area contributed by atoms with Crippen LogP contribution < -0.4 is 0 Å². The van der Waals surface area contributed by atoms with E-state index >= 15 is 0 Å². The Bertz CT molecular complexity index is 1320. The summed E-state index contributed by atoms with van der Waals surface area (Å²) in [5.41, 5.74) is -3.07. The number of nitrogens with zero attached hydrogens (tertiary/aromatic N) is 4. The SMILES string of the molecule is C[C@]1(C(=O)O)CC[C@H](n2ncc(C(=O)N(CC(=O)c3c(Cl)cncc3Cl)[C@@H]3CCC34CCC4)c2C(F)(F)F)CC1. The lowest BCUT2D eigenvalue weighted by Crippen LogP contribution is -2.61. The Morgan fingerprint density at radius 1 is 1.05 bits per heavy atom. The van der Waals surface area contributed by atoms with Crippen molar-refractivity contribution in [3.8, 4) is 0 Å². The molecule has 1 N–H and O–H groups in total. The van der Waals surface area contributed by atoms with Crippen molar-refractivity contribution in [2.24, 2.45) is 10.8 Å². The number of carboxylic acid groups (broad SMARTS) is 1. The van der Waals surface area contributed by atoms with Gasteiger partial charge in [0.25, 0.3) is 5.91 Å². The summed E-state index contributed by atoms with van der Waals surface area (Å²) in [6, 6.07) is -1.11. The van der Waals surface area contributed by atoms with Crippen LogP contribution in [0.3, 0.4) is 0 Å². The summed E-state index contributed by atoms with van der Waals surface area (Å²) in [4.78, 5) is 44.0. The van der Waals surface area contributed by atoms with Gasteiger partial charge in [0.05, 0.1) is 45.4 Å². The highest BCUT2D eigenvalue weighted by molar-refractivity contribution is 6.39. The molecule has 0 bridgehead atoms. The van der Waals surface area contributed by atoms with Crippen LogP contribution in [-0.2, 0) is 11.0 Å². The third kappa shape index (κ3) is 4.89. The first-order valence-corrected chi connectivity index (χ1v) is 14.0. The molecule has 0 radical (unpaired) electrons. The van der Waals surface area contributed by atoms with E-state index in [1.807, 2.05) is 0 Å². The standard InChI is InChI=1S/C27H29Cl2F3N4O4/c1-25(24(39)40)8-3-15(4-9-25)36-22(27(30,31)32)16(11-34-36)23(38)35(20-5-10-26(20)6-2-7-26)14-19(37)21-17(28)12-33-13-18(21)29/h11-13,15,20H,2-10,14H2,1H3,(H,39,40)/t15-,20-,25-/m1/s1. The lowest BCUT2D eigenvalue weighted by Gasteiger charge is -2.59. The van der Waals surface area contributed by atoms with E-state index in [0.717, 1.165) is 36.6 Å². The van der Waals surface area contributed by atoms with Gasteiger partial charge in [0.15, 0.2) is 11.5 Å². The highest BCUT2D eigenvalue weighted by atomic mass is 35.5. The van der Waals surface area contributed by atoms with E-state index in [2.05, 4.69) is 10.1 Å². The van der Waals surface area contributed by atoms with E-state index in [0.29, 0.717) is 6.42 Å². The molecule has 1 spiro atoms. The molecule has 13 heteroatoms. The number of aromatic nitrogens is 3. The fraction of sp³-hybridized carbons (Fsp3) is 0.593. The second kappa shape index (κ2) is 10.3. The van der Waals surface area contributed by atoms with Gasteiger partial charge in [-0.25, -0.2) is 0 Å². The van der Waals surface area contributed by atoms with Gasteiger partial charge in [-0.05, 0) is 63.7 Å². The Hall–Kier alpha value is -2.66. The highest BCUT2D eigenvalue weighted by Gasteiger charge is 2.55. The molecule has 1 amide bonds. The van der Waals surface area contributed by atoms with Crippen LogP contribution in [0, 0.1) is 10.8 Å². The van der Waals surface area contributed by atoms with Gasteiger partial charge in [-0.15, -0.1) is 0 Å². The normalized spacial score (nSPS) is 25.6. The molecule has 0 unspecified atom stereocenters. The fourth-order valence-corrected chi connectivity index (χ4v) is 7.12. The minimum absolute atomic E-state index is 0.00803. The number of ketones is 1. The molecular formula is C27H29Cl2F3N4O4. The third-order valence-corrected chi connectivity index (χ3v) is 9.84. The summed E-state index contributed by atoms with van der Waals surface area (Å²) in [5.74, 6) is -2.50. The van der Waals surface area contributed by atoms with Gasteiger partial charge in [-0.2, -0.15) is 18.3 Å². The van der Waals surface area contributed by atoms with Gasteiger partial charge in [-0.3, -0.25) is 24.0 Å². The molecule has 2 aromatic heterocycles. The molecule has 8 nitrogen and oxygen atoms in total. The average Bonchev–Trinajstić information content (AvgIpc) is 3.28. The molecule has 216 valence electrons. The van der Waals surface area contributed by atoms with E-state index < -0.39 is 59.1 Å². The predicted octanol–water partition coefficient (Wildman–Crippen LogP) is 6.47. The number of aliphatic carboxylic acids is 1. The van der Waals surface area contributed by atoms with Crippen molar-refractivity contribution < 1.29 is 32.7 Å². The van der Waals surface area contributed by atoms with Crippen LogP contribution in [0.15, 0.2) is 18.6 Å². The van der Waals surface area contributed by atoms with Crippen molar-refractivity contribution in [1.82, 2.24) is 19.7 Å². The molecule has 3 aliphatic carbocycles. The minimum Gasteiger partial charge on any atom is -0.481 e. The summed E-state index contributed by atoms with van der Waals surface area (Å²) in [7, 11) is 0. The molecule has 2 aromatic rings. The number of hydrogen-bond acceptors (Lipinski definition) is 5. The van der Waals surface area contributed by atoms with Crippen molar-refractivity contribution in [2.45, 2.75) is 83.0 Å². The Morgan fingerprint density at radius 2 is 1.68 bits per heavy atom. The molecule has 3 fully saturated rings. The second-order valence-corrected chi connectivity index (χ2v) is 12.4. The zero-order valence-electron chi connectivity index (χ0n) is 21.8. The lowest BCUT2D eigenvalue weighted by atomic mass is 9.52. The van der Waals surface area contributed by atoms with E-state index in [1.165, 1.54) is 17.3 Å². The number of carbonyl (C=O) groups is 3. The summed E-state index contributed by atoms with van der Waals surface area (Å²) in [6.07, 6.45) is 3.26. The van der Waals surface area contributed by atoms with Crippen LogP contribution in [0.2, 0.25) is 10.0 Å². The second-order valence-electron chi connectivity index (χ2n) is 11.6. The van der Waals surface area contributed by atoms with Crippen molar-refractivity contribution in [3.05, 3.63) is 45.5 Å². The van der Waals surface area contributed by atoms with Crippen molar-refractivity contribution in [1.29, 1.82) is 0 Å². The van der Waals surface area contributed by atoms with Gasteiger partial charge in [0, 0.05) is 18.4 Å². The quantitative estimate of drug-likeness (QED) is 0.365. The largest absolute Gasteiger partial charge is 0.481 e. The van der Waals surface area contributed by atoms with Crippen molar-refractivity contribution in [2.75, 3.05) is 6.54 Å². The molecule has 1 atom stereocenters. The van der Waals surface area contributed by atoms with Gasteiger partial charge in [-0.1, -0.05) is 29.6 Å². The number of rotatable bonds is 7.